The van der Waals surface area contributed by atoms with Crippen LogP contribution in [0.3, 0.4) is 0 Å². The van der Waals surface area contributed by atoms with Gasteiger partial charge in [0.05, 0.1) is 23.2 Å². The van der Waals surface area contributed by atoms with E-state index in [-0.39, 0.29) is 47.6 Å². The van der Waals surface area contributed by atoms with Crippen LogP contribution >= 0.6 is 0 Å². The quantitative estimate of drug-likeness (QED) is 0.651. The van der Waals surface area contributed by atoms with Crippen molar-refractivity contribution < 1.29 is 28.7 Å². The number of amides is 2. The zero-order chi connectivity index (χ0) is 24.8. The molecule has 0 fully saturated rings. The SMILES string of the molecule is CC(C)C1COC(=O)c2cccc(c2)C(=O)OCC(C(C)C)NC(=O)c2cccc(n2)C(=O)N1. The Kier molecular flexibility index (Phi) is 7.99. The number of ether oxygens (including phenoxy) is 2. The Hall–Kier alpha value is -3.75. The van der Waals surface area contributed by atoms with Crippen molar-refractivity contribution in [3.63, 3.8) is 0 Å². The molecule has 9 heteroatoms. The number of nitrogens with one attached hydrogen (secondary N) is 2. The largest absolute Gasteiger partial charge is 0.460 e. The summed E-state index contributed by atoms with van der Waals surface area (Å²) in [4.78, 5) is 55.0. The summed E-state index contributed by atoms with van der Waals surface area (Å²) in [6, 6.07) is 9.61. The van der Waals surface area contributed by atoms with Crippen LogP contribution in [0.5, 0.6) is 0 Å². The molecule has 2 N–H and O–H groups in total. The van der Waals surface area contributed by atoms with E-state index in [4.69, 9.17) is 9.47 Å². The number of benzene rings is 1. The topological polar surface area (TPSA) is 124 Å². The third-order valence-electron chi connectivity index (χ3n) is 5.58. The smallest absolute Gasteiger partial charge is 0.338 e. The number of aromatic nitrogens is 1. The van der Waals surface area contributed by atoms with Crippen molar-refractivity contribution in [2.75, 3.05) is 13.2 Å². The molecule has 0 aliphatic carbocycles. The molecule has 0 radical (unpaired) electrons. The van der Waals surface area contributed by atoms with Gasteiger partial charge in [-0.3, -0.25) is 9.59 Å². The molecule has 1 aliphatic rings. The van der Waals surface area contributed by atoms with Crippen molar-refractivity contribution in [2.45, 2.75) is 39.8 Å². The van der Waals surface area contributed by atoms with E-state index in [0.717, 1.165) is 0 Å². The number of pyridine rings is 1. The van der Waals surface area contributed by atoms with E-state index in [1.165, 1.54) is 30.3 Å². The van der Waals surface area contributed by atoms with E-state index in [1.807, 2.05) is 27.7 Å². The summed E-state index contributed by atoms with van der Waals surface area (Å²) in [7, 11) is 0. The monoisotopic (exact) mass is 467 g/mol. The lowest BCUT2D eigenvalue weighted by atomic mass is 10.0. The van der Waals surface area contributed by atoms with Crippen molar-refractivity contribution in [3.05, 3.63) is 65.0 Å². The first-order valence-electron chi connectivity index (χ1n) is 11.2. The maximum Gasteiger partial charge on any atom is 0.338 e. The zero-order valence-corrected chi connectivity index (χ0v) is 19.7. The van der Waals surface area contributed by atoms with Crippen LogP contribution in [0.1, 0.15) is 69.4 Å². The molecule has 2 heterocycles. The molecule has 4 bridgehead atoms. The van der Waals surface area contributed by atoms with Crippen molar-refractivity contribution in [2.24, 2.45) is 11.8 Å². The van der Waals surface area contributed by atoms with Crippen LogP contribution in [0, 0.1) is 11.8 Å². The molecular weight excluding hydrogens is 438 g/mol. The zero-order valence-electron chi connectivity index (χ0n) is 19.7. The number of cyclic esters (lactones) is 2. The average Bonchev–Trinajstić information content (AvgIpc) is 2.82. The minimum atomic E-state index is -0.622. The Morgan fingerprint density at radius 2 is 1.15 bits per heavy atom. The fourth-order valence-electron chi connectivity index (χ4n) is 3.24. The predicted octanol–water partition coefficient (Wildman–Crippen LogP) is 2.62. The first-order chi connectivity index (χ1) is 16.2. The Morgan fingerprint density at radius 3 is 1.56 bits per heavy atom. The summed E-state index contributed by atoms with van der Waals surface area (Å²) in [5.41, 5.74) is 0.497. The highest BCUT2D eigenvalue weighted by atomic mass is 16.5. The second-order valence-corrected chi connectivity index (χ2v) is 8.83. The molecule has 2 amide bonds. The molecular formula is C25H29N3O6. The van der Waals surface area contributed by atoms with E-state index in [9.17, 15) is 19.2 Å². The number of nitrogens with zero attached hydrogens (tertiary/aromatic N) is 1. The lowest BCUT2D eigenvalue weighted by Gasteiger charge is -2.23. The van der Waals surface area contributed by atoms with Crippen LogP contribution in [0.2, 0.25) is 0 Å². The van der Waals surface area contributed by atoms with Gasteiger partial charge in [0.25, 0.3) is 11.8 Å². The van der Waals surface area contributed by atoms with Gasteiger partial charge in [0.15, 0.2) is 0 Å². The highest BCUT2D eigenvalue weighted by Gasteiger charge is 2.24. The summed E-state index contributed by atoms with van der Waals surface area (Å²) in [5, 5.41) is 5.64. The van der Waals surface area contributed by atoms with Crippen LogP contribution in [0.4, 0.5) is 0 Å². The van der Waals surface area contributed by atoms with E-state index in [0.29, 0.717) is 0 Å². The molecule has 1 aromatic carbocycles. The number of fused-ring (bicyclic) bond motifs is 4. The lowest BCUT2D eigenvalue weighted by molar-refractivity contribution is 0.0425. The highest BCUT2D eigenvalue weighted by Crippen LogP contribution is 2.13. The van der Waals surface area contributed by atoms with Gasteiger partial charge < -0.3 is 20.1 Å². The van der Waals surface area contributed by atoms with Gasteiger partial charge in [-0.25, -0.2) is 14.6 Å². The maximum atomic E-state index is 12.8. The Balaban J connectivity index is 1.95. The number of carbonyl (C=O) groups is 4. The van der Waals surface area contributed by atoms with Gasteiger partial charge in [-0.1, -0.05) is 39.8 Å². The first kappa shape index (κ1) is 24.9. The van der Waals surface area contributed by atoms with Crippen LogP contribution in [0.25, 0.3) is 0 Å². The Labute approximate surface area is 198 Å². The van der Waals surface area contributed by atoms with Crippen molar-refractivity contribution in [1.82, 2.24) is 15.6 Å². The van der Waals surface area contributed by atoms with E-state index in [2.05, 4.69) is 15.6 Å². The minimum absolute atomic E-state index is 0.0538. The minimum Gasteiger partial charge on any atom is -0.460 e. The van der Waals surface area contributed by atoms with Crippen LogP contribution < -0.4 is 10.6 Å². The summed E-state index contributed by atoms with van der Waals surface area (Å²) in [6.07, 6.45) is 0. The van der Waals surface area contributed by atoms with Gasteiger partial charge in [-0.2, -0.15) is 0 Å². The lowest BCUT2D eigenvalue weighted by Crippen LogP contribution is -2.44. The van der Waals surface area contributed by atoms with E-state index < -0.39 is 35.8 Å². The second-order valence-electron chi connectivity index (χ2n) is 8.83. The molecule has 2 unspecified atom stereocenters. The van der Waals surface area contributed by atoms with Gasteiger partial charge in [-0.05, 0) is 42.2 Å². The third-order valence-corrected chi connectivity index (χ3v) is 5.58. The molecule has 3 rings (SSSR count). The normalized spacial score (nSPS) is 20.1. The average molecular weight is 468 g/mol. The first-order valence-corrected chi connectivity index (χ1v) is 11.2. The number of hydrogen-bond acceptors (Lipinski definition) is 7. The molecule has 1 aromatic heterocycles. The molecule has 9 nitrogen and oxygen atoms in total. The fraction of sp³-hybridized carbons (Fsp3) is 0.400. The van der Waals surface area contributed by atoms with Crippen molar-refractivity contribution in [3.8, 4) is 0 Å². The summed E-state index contributed by atoms with van der Waals surface area (Å²) < 4.78 is 10.8. The molecule has 2 atom stereocenters. The Bertz CT molecular complexity index is 1010. The standard InChI is InChI=1S/C25H29N3O6/c1-14(2)20-12-33-24(31)16-7-5-8-17(11-16)25(32)34-13-21(15(3)4)28-23(30)19-10-6-9-18(26-19)22(29)27-20/h5-11,14-15,20-21H,12-13H2,1-4H3,(H,27,29)(H,28,30). The van der Waals surface area contributed by atoms with Gasteiger partial charge in [0, 0.05) is 0 Å². The van der Waals surface area contributed by atoms with Crippen molar-refractivity contribution >= 4 is 23.8 Å². The molecule has 2 aromatic rings. The van der Waals surface area contributed by atoms with E-state index in [1.54, 1.807) is 12.1 Å². The van der Waals surface area contributed by atoms with Gasteiger partial charge in [0.1, 0.15) is 24.6 Å². The number of rotatable bonds is 2. The molecule has 0 saturated heterocycles. The highest BCUT2D eigenvalue weighted by molar-refractivity contribution is 5.97. The molecule has 0 spiro atoms. The Morgan fingerprint density at radius 1 is 0.735 bits per heavy atom. The van der Waals surface area contributed by atoms with Crippen LogP contribution in [-0.4, -0.2) is 54.0 Å². The van der Waals surface area contributed by atoms with Gasteiger partial charge in [0.2, 0.25) is 0 Å². The molecule has 1 aliphatic heterocycles. The van der Waals surface area contributed by atoms with Crippen LogP contribution in [0.15, 0.2) is 42.5 Å². The maximum absolute atomic E-state index is 12.8. The second kappa shape index (κ2) is 10.9. The fourth-order valence-corrected chi connectivity index (χ4v) is 3.24. The molecule has 180 valence electrons. The third kappa shape index (κ3) is 6.18. The van der Waals surface area contributed by atoms with Crippen molar-refractivity contribution in [1.29, 1.82) is 0 Å². The molecule has 34 heavy (non-hydrogen) atoms. The van der Waals surface area contributed by atoms with Crippen LogP contribution in [-0.2, 0) is 9.47 Å². The van der Waals surface area contributed by atoms with E-state index >= 15 is 0 Å². The predicted molar refractivity (Wildman–Crippen MR) is 123 cm³/mol. The summed E-state index contributed by atoms with van der Waals surface area (Å²) in [5.74, 6) is -2.32. The summed E-state index contributed by atoms with van der Waals surface area (Å²) in [6.45, 7) is 7.37. The summed E-state index contributed by atoms with van der Waals surface area (Å²) >= 11 is 0. The number of hydrogen-bond donors (Lipinski definition) is 2. The molecule has 0 saturated carbocycles. The number of carbonyl (C=O) groups excluding carboxylic acids is 4. The number of esters is 2. The van der Waals surface area contributed by atoms with Gasteiger partial charge in [-0.15, -0.1) is 0 Å². The van der Waals surface area contributed by atoms with Gasteiger partial charge >= 0.3 is 11.9 Å².